The number of carboxylic acid groups (broad SMARTS) is 1. The fourth-order valence-corrected chi connectivity index (χ4v) is 2.65. The number of aliphatic carboxylic acids is 1. The molecule has 0 aromatic carbocycles. The van der Waals surface area contributed by atoms with Crippen molar-refractivity contribution in [2.45, 2.75) is 18.9 Å². The van der Waals surface area contributed by atoms with Crippen molar-refractivity contribution < 1.29 is 14.7 Å². The van der Waals surface area contributed by atoms with E-state index < -0.39 is 12.0 Å². The molecule has 1 heterocycles. The Hall–Kier alpha value is -0.920. The van der Waals surface area contributed by atoms with E-state index in [9.17, 15) is 9.59 Å². The fourth-order valence-electron chi connectivity index (χ4n) is 1.17. The van der Waals surface area contributed by atoms with Crippen molar-refractivity contribution in [3.05, 3.63) is 20.8 Å². The standard InChI is InChI=1S/C10H13BrN2O3S/c11-8-2-1-6(17-8)3-4-13-9(14)5-7(12)10(15)16/h1-2,7H,3-5,12H2,(H,13,14)(H,15,16). The van der Waals surface area contributed by atoms with Crippen molar-refractivity contribution in [1.29, 1.82) is 0 Å². The smallest absolute Gasteiger partial charge is 0.321 e. The Morgan fingerprint density at radius 2 is 2.24 bits per heavy atom. The number of carboxylic acids is 1. The molecule has 0 aliphatic carbocycles. The van der Waals surface area contributed by atoms with Gasteiger partial charge in [0.2, 0.25) is 5.91 Å². The summed E-state index contributed by atoms with van der Waals surface area (Å²) in [7, 11) is 0. The maximum absolute atomic E-state index is 11.3. The SMILES string of the molecule is NC(CC(=O)NCCc1ccc(Br)s1)C(=O)O. The second kappa shape index (κ2) is 6.73. The molecule has 4 N–H and O–H groups in total. The van der Waals surface area contributed by atoms with Crippen LogP contribution in [0.5, 0.6) is 0 Å². The molecular formula is C10H13BrN2O3S. The van der Waals surface area contributed by atoms with Crippen LogP contribution in [0.3, 0.4) is 0 Å². The van der Waals surface area contributed by atoms with Crippen molar-refractivity contribution in [2.24, 2.45) is 5.73 Å². The van der Waals surface area contributed by atoms with E-state index in [0.717, 1.165) is 15.1 Å². The zero-order chi connectivity index (χ0) is 12.8. The lowest BCUT2D eigenvalue weighted by Gasteiger charge is -2.07. The van der Waals surface area contributed by atoms with Gasteiger partial charge in [-0.15, -0.1) is 11.3 Å². The molecule has 0 radical (unpaired) electrons. The zero-order valence-corrected chi connectivity index (χ0v) is 11.4. The summed E-state index contributed by atoms with van der Waals surface area (Å²) >= 11 is 4.96. The Morgan fingerprint density at radius 3 is 2.76 bits per heavy atom. The predicted octanol–water partition coefficient (Wildman–Crippen LogP) is 0.971. The van der Waals surface area contributed by atoms with Gasteiger partial charge >= 0.3 is 5.97 Å². The van der Waals surface area contributed by atoms with E-state index in [2.05, 4.69) is 21.2 Å². The van der Waals surface area contributed by atoms with Crippen LogP contribution in [0.1, 0.15) is 11.3 Å². The van der Waals surface area contributed by atoms with E-state index >= 15 is 0 Å². The van der Waals surface area contributed by atoms with Gasteiger partial charge in [0.15, 0.2) is 0 Å². The van der Waals surface area contributed by atoms with Gasteiger partial charge in [-0.3, -0.25) is 9.59 Å². The van der Waals surface area contributed by atoms with Gasteiger partial charge in [-0.05, 0) is 34.5 Å². The summed E-state index contributed by atoms with van der Waals surface area (Å²) in [6.07, 6.45) is 0.536. The molecule has 17 heavy (non-hydrogen) atoms. The third-order valence-electron chi connectivity index (χ3n) is 2.04. The van der Waals surface area contributed by atoms with Crippen LogP contribution in [0.25, 0.3) is 0 Å². The Kier molecular flexibility index (Phi) is 5.60. The highest BCUT2D eigenvalue weighted by molar-refractivity contribution is 9.11. The quantitative estimate of drug-likeness (QED) is 0.728. The average Bonchev–Trinajstić information content (AvgIpc) is 2.64. The Balaban J connectivity index is 2.22. The number of hydrogen-bond donors (Lipinski definition) is 3. The second-order valence-electron chi connectivity index (χ2n) is 3.45. The van der Waals surface area contributed by atoms with E-state index in [1.807, 2.05) is 12.1 Å². The van der Waals surface area contributed by atoms with Crippen molar-refractivity contribution in [1.82, 2.24) is 5.32 Å². The molecule has 1 unspecified atom stereocenters. The molecular weight excluding hydrogens is 308 g/mol. The number of thiophene rings is 1. The number of rotatable bonds is 6. The molecule has 1 amide bonds. The summed E-state index contributed by atoms with van der Waals surface area (Å²) in [5.41, 5.74) is 5.24. The van der Waals surface area contributed by atoms with Crippen molar-refractivity contribution in [3.63, 3.8) is 0 Å². The largest absolute Gasteiger partial charge is 0.480 e. The molecule has 0 bridgehead atoms. The molecule has 0 saturated heterocycles. The summed E-state index contributed by atoms with van der Waals surface area (Å²) in [5.74, 6) is -1.50. The first-order valence-corrected chi connectivity index (χ1v) is 6.59. The highest BCUT2D eigenvalue weighted by atomic mass is 79.9. The summed E-state index contributed by atoms with van der Waals surface area (Å²) in [4.78, 5) is 22.9. The minimum atomic E-state index is -1.16. The number of hydrogen-bond acceptors (Lipinski definition) is 4. The summed E-state index contributed by atoms with van der Waals surface area (Å²) in [6, 6.07) is 2.79. The monoisotopic (exact) mass is 320 g/mol. The van der Waals surface area contributed by atoms with Crippen molar-refractivity contribution >= 4 is 39.1 Å². The summed E-state index contributed by atoms with van der Waals surface area (Å²) in [5, 5.41) is 11.2. The average molecular weight is 321 g/mol. The fraction of sp³-hybridized carbons (Fsp3) is 0.400. The third-order valence-corrected chi connectivity index (χ3v) is 3.73. The summed E-state index contributed by atoms with van der Waals surface area (Å²) in [6.45, 7) is 0.484. The van der Waals surface area contributed by atoms with Gasteiger partial charge in [-0.25, -0.2) is 0 Å². The number of halogens is 1. The molecule has 1 aromatic rings. The number of nitrogens with two attached hydrogens (primary N) is 1. The molecule has 1 atom stereocenters. The number of carbonyl (C=O) groups excluding carboxylic acids is 1. The van der Waals surface area contributed by atoms with Crippen LogP contribution in [0.2, 0.25) is 0 Å². The lowest BCUT2D eigenvalue weighted by Crippen LogP contribution is -2.37. The van der Waals surface area contributed by atoms with E-state index in [-0.39, 0.29) is 12.3 Å². The van der Waals surface area contributed by atoms with Crippen LogP contribution in [0.4, 0.5) is 0 Å². The second-order valence-corrected chi connectivity index (χ2v) is 6.00. The van der Waals surface area contributed by atoms with Crippen LogP contribution in [-0.2, 0) is 16.0 Å². The zero-order valence-electron chi connectivity index (χ0n) is 8.98. The van der Waals surface area contributed by atoms with Crippen LogP contribution in [0.15, 0.2) is 15.9 Å². The lowest BCUT2D eigenvalue weighted by atomic mass is 10.2. The van der Waals surface area contributed by atoms with Gasteiger partial charge in [0, 0.05) is 11.4 Å². The normalized spacial score (nSPS) is 12.1. The van der Waals surface area contributed by atoms with Gasteiger partial charge in [-0.1, -0.05) is 0 Å². The van der Waals surface area contributed by atoms with Crippen LogP contribution in [0, 0.1) is 0 Å². The Morgan fingerprint density at radius 1 is 1.53 bits per heavy atom. The van der Waals surface area contributed by atoms with Gasteiger partial charge < -0.3 is 16.2 Å². The first kappa shape index (κ1) is 14.1. The lowest BCUT2D eigenvalue weighted by molar-refractivity contribution is -0.140. The van der Waals surface area contributed by atoms with Crippen LogP contribution in [-0.4, -0.2) is 29.6 Å². The topological polar surface area (TPSA) is 92.4 Å². The first-order chi connectivity index (χ1) is 7.99. The molecule has 7 heteroatoms. The molecule has 5 nitrogen and oxygen atoms in total. The van der Waals surface area contributed by atoms with Gasteiger partial charge in [0.1, 0.15) is 6.04 Å². The van der Waals surface area contributed by atoms with Gasteiger partial charge in [0.05, 0.1) is 10.2 Å². The molecule has 0 saturated carbocycles. The Labute approximate surface area is 111 Å². The number of nitrogens with one attached hydrogen (secondary N) is 1. The van der Waals surface area contributed by atoms with Gasteiger partial charge in [0.25, 0.3) is 0 Å². The molecule has 1 rings (SSSR count). The van der Waals surface area contributed by atoms with E-state index in [1.54, 1.807) is 11.3 Å². The first-order valence-electron chi connectivity index (χ1n) is 4.98. The van der Waals surface area contributed by atoms with Crippen LogP contribution >= 0.6 is 27.3 Å². The molecule has 0 spiro atoms. The summed E-state index contributed by atoms with van der Waals surface area (Å²) < 4.78 is 1.05. The highest BCUT2D eigenvalue weighted by Gasteiger charge is 2.15. The van der Waals surface area contributed by atoms with Gasteiger partial charge in [-0.2, -0.15) is 0 Å². The number of amides is 1. The molecule has 94 valence electrons. The molecule has 0 aliphatic heterocycles. The van der Waals surface area contributed by atoms with E-state index in [1.165, 1.54) is 0 Å². The molecule has 1 aromatic heterocycles. The van der Waals surface area contributed by atoms with Crippen molar-refractivity contribution in [2.75, 3.05) is 6.54 Å². The predicted molar refractivity (Wildman–Crippen MR) is 69.0 cm³/mol. The number of carbonyl (C=O) groups is 2. The highest BCUT2D eigenvalue weighted by Crippen LogP contribution is 2.21. The molecule has 0 aliphatic rings. The minimum absolute atomic E-state index is 0.191. The van der Waals surface area contributed by atoms with E-state index in [4.69, 9.17) is 10.8 Å². The Bertz CT molecular complexity index is 408. The molecule has 0 fully saturated rings. The van der Waals surface area contributed by atoms with E-state index in [0.29, 0.717) is 6.54 Å². The third kappa shape index (κ3) is 5.29. The maximum atomic E-state index is 11.3. The van der Waals surface area contributed by atoms with Crippen LogP contribution < -0.4 is 11.1 Å². The minimum Gasteiger partial charge on any atom is -0.480 e. The van der Waals surface area contributed by atoms with Crippen molar-refractivity contribution in [3.8, 4) is 0 Å². The maximum Gasteiger partial charge on any atom is 0.321 e.